The van der Waals surface area contributed by atoms with Crippen molar-refractivity contribution in [3.8, 4) is 0 Å². The first-order chi connectivity index (χ1) is 8.22. The summed E-state index contributed by atoms with van der Waals surface area (Å²) in [7, 11) is 1.93. The lowest BCUT2D eigenvalue weighted by molar-refractivity contribution is -0.142. The molecule has 2 aliphatic rings. The zero-order valence-corrected chi connectivity index (χ0v) is 10.4. The fourth-order valence-corrected chi connectivity index (χ4v) is 2.74. The van der Waals surface area contributed by atoms with Gasteiger partial charge in [-0.05, 0) is 32.9 Å². The molecule has 17 heavy (non-hydrogen) atoms. The highest BCUT2D eigenvalue weighted by Crippen LogP contribution is 2.17. The van der Waals surface area contributed by atoms with Crippen LogP contribution in [0.15, 0.2) is 0 Å². The van der Waals surface area contributed by atoms with E-state index in [1.807, 2.05) is 7.05 Å². The molecule has 2 saturated heterocycles. The van der Waals surface area contributed by atoms with Gasteiger partial charge in [0.1, 0.15) is 0 Å². The molecule has 1 N–H and O–H groups in total. The molecule has 1 unspecified atom stereocenters. The van der Waals surface area contributed by atoms with E-state index in [0.717, 1.165) is 32.4 Å². The topological polar surface area (TPSA) is 52.7 Å². The van der Waals surface area contributed by atoms with Gasteiger partial charge in [0.25, 0.3) is 0 Å². The molecule has 5 nitrogen and oxygen atoms in total. The van der Waals surface area contributed by atoms with Crippen molar-refractivity contribution in [2.24, 2.45) is 0 Å². The number of hydrogen-bond acceptors (Lipinski definition) is 4. The summed E-state index contributed by atoms with van der Waals surface area (Å²) in [6.07, 6.45) is 3.64. The number of carbonyl (C=O) groups excluding carboxylic acids is 2. The van der Waals surface area contributed by atoms with E-state index < -0.39 is 0 Å². The van der Waals surface area contributed by atoms with Crippen LogP contribution in [-0.4, -0.2) is 60.9 Å². The second kappa shape index (κ2) is 5.60. The third-order valence-electron chi connectivity index (χ3n) is 3.65. The lowest BCUT2D eigenvalue weighted by atomic mass is 10.2. The standard InChI is InChI=1S/C12H21N3O2/c1-13-8-10-4-2-6-14(10)9-12(17)15-7-3-5-11(15)16/h10,13H,2-9H2,1H3. The van der Waals surface area contributed by atoms with Crippen LogP contribution >= 0.6 is 0 Å². The summed E-state index contributed by atoms with van der Waals surface area (Å²) in [6, 6.07) is 0.446. The Hall–Kier alpha value is -0.940. The van der Waals surface area contributed by atoms with Crippen molar-refractivity contribution < 1.29 is 9.59 Å². The van der Waals surface area contributed by atoms with Crippen LogP contribution in [0.5, 0.6) is 0 Å². The van der Waals surface area contributed by atoms with E-state index in [0.29, 0.717) is 25.6 Å². The van der Waals surface area contributed by atoms with E-state index in [1.54, 1.807) is 0 Å². The molecule has 2 rings (SSSR count). The van der Waals surface area contributed by atoms with Gasteiger partial charge in [-0.25, -0.2) is 0 Å². The Morgan fingerprint density at radius 1 is 1.41 bits per heavy atom. The van der Waals surface area contributed by atoms with Crippen LogP contribution in [-0.2, 0) is 9.59 Å². The number of nitrogens with one attached hydrogen (secondary N) is 1. The maximum atomic E-state index is 12.0. The van der Waals surface area contributed by atoms with E-state index in [-0.39, 0.29) is 11.8 Å². The smallest absolute Gasteiger partial charge is 0.243 e. The normalized spacial score (nSPS) is 25.8. The molecule has 5 heteroatoms. The van der Waals surface area contributed by atoms with Crippen molar-refractivity contribution in [3.63, 3.8) is 0 Å². The Kier molecular flexibility index (Phi) is 4.12. The Morgan fingerprint density at radius 2 is 2.24 bits per heavy atom. The SMILES string of the molecule is CNCC1CCCN1CC(=O)N1CCCC1=O. The summed E-state index contributed by atoms with van der Waals surface area (Å²) >= 11 is 0. The average molecular weight is 239 g/mol. The molecule has 2 aliphatic heterocycles. The van der Waals surface area contributed by atoms with Crippen LogP contribution in [0.2, 0.25) is 0 Å². The van der Waals surface area contributed by atoms with Crippen molar-refractivity contribution in [1.29, 1.82) is 0 Å². The van der Waals surface area contributed by atoms with Crippen LogP contribution in [0.1, 0.15) is 25.7 Å². The average Bonchev–Trinajstić information content (AvgIpc) is 2.89. The van der Waals surface area contributed by atoms with Crippen molar-refractivity contribution in [2.45, 2.75) is 31.7 Å². The van der Waals surface area contributed by atoms with Crippen molar-refractivity contribution >= 4 is 11.8 Å². The number of likely N-dealkylation sites (tertiary alicyclic amines) is 2. The fraction of sp³-hybridized carbons (Fsp3) is 0.833. The van der Waals surface area contributed by atoms with E-state index in [9.17, 15) is 9.59 Å². The Balaban J connectivity index is 1.87. The summed E-state index contributed by atoms with van der Waals surface area (Å²) < 4.78 is 0. The van der Waals surface area contributed by atoms with E-state index in [4.69, 9.17) is 0 Å². The lowest BCUT2D eigenvalue weighted by Gasteiger charge is -2.25. The minimum atomic E-state index is -0.0181. The first-order valence-electron chi connectivity index (χ1n) is 6.44. The minimum absolute atomic E-state index is 0.000589. The molecule has 1 atom stereocenters. The first kappa shape index (κ1) is 12.5. The second-order valence-corrected chi connectivity index (χ2v) is 4.87. The molecule has 0 radical (unpaired) electrons. The van der Waals surface area contributed by atoms with Crippen LogP contribution in [0, 0.1) is 0 Å². The van der Waals surface area contributed by atoms with Gasteiger partial charge in [0, 0.05) is 25.6 Å². The zero-order chi connectivity index (χ0) is 12.3. The lowest BCUT2D eigenvalue weighted by Crippen LogP contribution is -2.45. The van der Waals surface area contributed by atoms with Gasteiger partial charge in [-0.1, -0.05) is 0 Å². The number of carbonyl (C=O) groups is 2. The number of amides is 2. The number of nitrogens with zero attached hydrogens (tertiary/aromatic N) is 2. The maximum Gasteiger partial charge on any atom is 0.243 e. The molecule has 0 aromatic rings. The maximum absolute atomic E-state index is 12.0. The first-order valence-corrected chi connectivity index (χ1v) is 6.44. The van der Waals surface area contributed by atoms with Crippen LogP contribution < -0.4 is 5.32 Å². The molecule has 2 heterocycles. The Bertz CT molecular complexity index is 306. The third-order valence-corrected chi connectivity index (χ3v) is 3.65. The Labute approximate surface area is 102 Å². The van der Waals surface area contributed by atoms with E-state index >= 15 is 0 Å². The predicted octanol–water partition coefficient (Wildman–Crippen LogP) is -0.181. The van der Waals surface area contributed by atoms with Crippen LogP contribution in [0.3, 0.4) is 0 Å². The van der Waals surface area contributed by atoms with Crippen molar-refractivity contribution in [3.05, 3.63) is 0 Å². The summed E-state index contributed by atoms with van der Waals surface area (Å²) in [5, 5.41) is 3.16. The van der Waals surface area contributed by atoms with Gasteiger partial charge in [-0.15, -0.1) is 0 Å². The molecule has 2 fully saturated rings. The summed E-state index contributed by atoms with van der Waals surface area (Å²) in [6.45, 7) is 2.90. The van der Waals surface area contributed by atoms with E-state index in [2.05, 4.69) is 10.2 Å². The monoisotopic (exact) mass is 239 g/mol. The van der Waals surface area contributed by atoms with Crippen molar-refractivity contribution in [2.75, 3.05) is 33.2 Å². The van der Waals surface area contributed by atoms with E-state index in [1.165, 1.54) is 4.90 Å². The molecule has 0 spiro atoms. The fourth-order valence-electron chi connectivity index (χ4n) is 2.74. The molecule has 0 aliphatic carbocycles. The third kappa shape index (κ3) is 2.84. The zero-order valence-electron chi connectivity index (χ0n) is 10.4. The molecule has 0 aromatic heterocycles. The number of likely N-dealkylation sites (N-methyl/N-ethyl adjacent to an activating group) is 1. The van der Waals surface area contributed by atoms with Crippen LogP contribution in [0.4, 0.5) is 0 Å². The number of rotatable bonds is 4. The largest absolute Gasteiger partial charge is 0.318 e. The highest BCUT2D eigenvalue weighted by molar-refractivity contribution is 5.97. The van der Waals surface area contributed by atoms with Gasteiger partial charge in [-0.2, -0.15) is 0 Å². The highest BCUT2D eigenvalue weighted by Gasteiger charge is 2.31. The molecular weight excluding hydrogens is 218 g/mol. The quantitative estimate of drug-likeness (QED) is 0.739. The minimum Gasteiger partial charge on any atom is -0.318 e. The summed E-state index contributed by atoms with van der Waals surface area (Å²) in [4.78, 5) is 27.1. The highest BCUT2D eigenvalue weighted by atomic mass is 16.2. The molecular formula is C12H21N3O2. The van der Waals surface area contributed by atoms with Gasteiger partial charge in [0.15, 0.2) is 0 Å². The summed E-state index contributed by atoms with van der Waals surface area (Å²) in [5.41, 5.74) is 0. The van der Waals surface area contributed by atoms with Gasteiger partial charge < -0.3 is 5.32 Å². The predicted molar refractivity (Wildman–Crippen MR) is 64.5 cm³/mol. The van der Waals surface area contributed by atoms with Crippen LogP contribution in [0.25, 0.3) is 0 Å². The number of hydrogen-bond donors (Lipinski definition) is 1. The summed E-state index contributed by atoms with van der Waals surface area (Å²) in [5.74, 6) is -0.0186. The molecule has 0 aromatic carbocycles. The number of imide groups is 1. The van der Waals surface area contributed by atoms with Gasteiger partial charge in [0.05, 0.1) is 6.54 Å². The molecule has 0 saturated carbocycles. The molecule has 2 amide bonds. The molecule has 0 bridgehead atoms. The van der Waals surface area contributed by atoms with Crippen molar-refractivity contribution in [1.82, 2.24) is 15.1 Å². The van der Waals surface area contributed by atoms with Gasteiger partial charge in [-0.3, -0.25) is 19.4 Å². The molecule has 96 valence electrons. The Morgan fingerprint density at radius 3 is 2.88 bits per heavy atom. The van der Waals surface area contributed by atoms with Gasteiger partial charge in [0.2, 0.25) is 11.8 Å². The van der Waals surface area contributed by atoms with Gasteiger partial charge >= 0.3 is 0 Å². The second-order valence-electron chi connectivity index (χ2n) is 4.87.